The quantitative estimate of drug-likeness (QED) is 0.418. The fourth-order valence-corrected chi connectivity index (χ4v) is 1.56. The molecule has 0 saturated carbocycles. The largest absolute Gasteiger partial charge is 0.312 e. The number of hydroxylamine groups is 2. The number of aromatic amines is 1. The zero-order valence-electron chi connectivity index (χ0n) is 7.87. The molecule has 76 valence electrons. The summed E-state index contributed by atoms with van der Waals surface area (Å²) in [6.07, 6.45) is 0.838. The fraction of sp³-hybridized carbons (Fsp3) is 0.500. The molecule has 14 heavy (non-hydrogen) atoms. The Kier molecular flexibility index (Phi) is 2.22. The summed E-state index contributed by atoms with van der Waals surface area (Å²) in [5, 5.41) is 19.4. The molecule has 2 rings (SSSR count). The van der Waals surface area contributed by atoms with Crippen molar-refractivity contribution in [3.8, 4) is 0 Å². The summed E-state index contributed by atoms with van der Waals surface area (Å²) in [7, 11) is 1.29. The minimum atomic E-state index is -0.480. The number of amides is 1. The molecular formula is C8H12N4O2. The van der Waals surface area contributed by atoms with Gasteiger partial charge in [0.2, 0.25) is 0 Å². The van der Waals surface area contributed by atoms with Gasteiger partial charge in [0.15, 0.2) is 5.69 Å². The monoisotopic (exact) mass is 196 g/mol. The van der Waals surface area contributed by atoms with Gasteiger partial charge in [-0.3, -0.25) is 15.1 Å². The molecular weight excluding hydrogens is 184 g/mol. The number of carbonyl (C=O) groups excluding carboxylic acids is 1. The van der Waals surface area contributed by atoms with Crippen molar-refractivity contribution in [2.45, 2.75) is 13.0 Å². The molecule has 6 nitrogen and oxygen atoms in total. The Balaban J connectivity index is 2.35. The maximum atomic E-state index is 11.4. The summed E-state index contributed by atoms with van der Waals surface area (Å²) in [4.78, 5) is 11.4. The van der Waals surface area contributed by atoms with E-state index in [2.05, 4.69) is 15.5 Å². The van der Waals surface area contributed by atoms with Gasteiger partial charge in [0.05, 0.1) is 0 Å². The molecule has 0 spiro atoms. The number of rotatable bonds is 1. The molecule has 1 aromatic heterocycles. The number of H-pyrrole nitrogens is 1. The predicted octanol–water partition coefficient (Wildman–Crippen LogP) is -0.483. The third-order valence-corrected chi connectivity index (χ3v) is 2.30. The molecule has 3 N–H and O–H groups in total. The van der Waals surface area contributed by atoms with Gasteiger partial charge in [0.1, 0.15) is 0 Å². The van der Waals surface area contributed by atoms with Crippen molar-refractivity contribution in [1.82, 2.24) is 20.6 Å². The maximum Gasteiger partial charge on any atom is 0.297 e. The normalized spacial score (nSPS) is 15.0. The Bertz CT molecular complexity index is 358. The molecule has 0 radical (unpaired) electrons. The highest BCUT2D eigenvalue weighted by molar-refractivity contribution is 5.93. The highest BCUT2D eigenvalue weighted by atomic mass is 16.5. The van der Waals surface area contributed by atoms with Gasteiger partial charge in [-0.2, -0.15) is 5.10 Å². The first-order chi connectivity index (χ1) is 6.70. The van der Waals surface area contributed by atoms with Crippen molar-refractivity contribution in [1.29, 1.82) is 0 Å². The number of aromatic nitrogens is 2. The lowest BCUT2D eigenvalue weighted by molar-refractivity contribution is -0.0380. The number of nitrogens with one attached hydrogen (secondary N) is 2. The zero-order valence-corrected chi connectivity index (χ0v) is 7.87. The average molecular weight is 196 g/mol. The third kappa shape index (κ3) is 1.38. The molecule has 6 heteroatoms. The van der Waals surface area contributed by atoms with E-state index in [1.54, 1.807) is 0 Å². The Labute approximate surface area is 80.9 Å². The number of hydrogen-bond donors (Lipinski definition) is 3. The van der Waals surface area contributed by atoms with Crippen LogP contribution in [-0.2, 0) is 13.0 Å². The highest BCUT2D eigenvalue weighted by Gasteiger charge is 2.22. The Morgan fingerprint density at radius 3 is 3.14 bits per heavy atom. The van der Waals surface area contributed by atoms with Gasteiger partial charge in [-0.15, -0.1) is 0 Å². The second kappa shape index (κ2) is 3.39. The van der Waals surface area contributed by atoms with Crippen LogP contribution in [0.1, 0.15) is 21.7 Å². The Hall–Kier alpha value is -1.40. The number of fused-ring (bicyclic) bond motifs is 1. The maximum absolute atomic E-state index is 11.4. The van der Waals surface area contributed by atoms with E-state index in [4.69, 9.17) is 5.21 Å². The van der Waals surface area contributed by atoms with Crippen LogP contribution in [0.5, 0.6) is 0 Å². The van der Waals surface area contributed by atoms with Crippen molar-refractivity contribution in [3.63, 3.8) is 0 Å². The van der Waals surface area contributed by atoms with Gasteiger partial charge in [-0.05, 0) is 0 Å². The average Bonchev–Trinajstić information content (AvgIpc) is 2.60. The molecule has 0 atom stereocenters. The van der Waals surface area contributed by atoms with Gasteiger partial charge in [-0.1, -0.05) is 0 Å². The highest BCUT2D eigenvalue weighted by Crippen LogP contribution is 2.15. The summed E-state index contributed by atoms with van der Waals surface area (Å²) >= 11 is 0. The van der Waals surface area contributed by atoms with Gasteiger partial charge in [-0.25, -0.2) is 5.06 Å². The topological polar surface area (TPSA) is 81.2 Å². The Morgan fingerprint density at radius 1 is 1.64 bits per heavy atom. The van der Waals surface area contributed by atoms with E-state index >= 15 is 0 Å². The second-order valence-electron chi connectivity index (χ2n) is 3.28. The molecule has 0 fully saturated rings. The first-order valence-corrected chi connectivity index (χ1v) is 4.44. The molecule has 1 aromatic rings. The van der Waals surface area contributed by atoms with E-state index in [0.29, 0.717) is 17.3 Å². The van der Waals surface area contributed by atoms with Crippen LogP contribution in [0, 0.1) is 0 Å². The standard InChI is InChI=1S/C8H12N4O2/c1-12(14)8(13)7-5-4-9-3-2-6(5)10-11-7/h9,14H,2-4H2,1H3,(H,10,11). The number of carbonyl (C=O) groups is 1. The van der Waals surface area contributed by atoms with Gasteiger partial charge in [0.25, 0.3) is 5.91 Å². The molecule has 0 aliphatic carbocycles. The summed E-state index contributed by atoms with van der Waals surface area (Å²) in [5.41, 5.74) is 2.15. The minimum absolute atomic E-state index is 0.303. The van der Waals surface area contributed by atoms with Crippen LogP contribution in [0.2, 0.25) is 0 Å². The molecule has 2 heterocycles. The van der Waals surface area contributed by atoms with Crippen molar-refractivity contribution in [2.75, 3.05) is 13.6 Å². The van der Waals surface area contributed by atoms with Crippen molar-refractivity contribution in [2.24, 2.45) is 0 Å². The van der Waals surface area contributed by atoms with Gasteiger partial charge >= 0.3 is 0 Å². The third-order valence-electron chi connectivity index (χ3n) is 2.30. The van der Waals surface area contributed by atoms with Crippen LogP contribution >= 0.6 is 0 Å². The van der Waals surface area contributed by atoms with Crippen LogP contribution in [0.4, 0.5) is 0 Å². The summed E-state index contributed by atoms with van der Waals surface area (Å²) in [6.45, 7) is 1.51. The van der Waals surface area contributed by atoms with Crippen molar-refractivity contribution in [3.05, 3.63) is 17.0 Å². The first kappa shape index (κ1) is 9.17. The van der Waals surface area contributed by atoms with Crippen LogP contribution in [0.3, 0.4) is 0 Å². The van der Waals surface area contributed by atoms with E-state index < -0.39 is 5.91 Å². The lowest BCUT2D eigenvalue weighted by Crippen LogP contribution is -2.28. The van der Waals surface area contributed by atoms with E-state index in [-0.39, 0.29) is 0 Å². The molecule has 0 unspecified atom stereocenters. The summed E-state index contributed by atoms with van der Waals surface area (Å²) in [5.74, 6) is -0.480. The van der Waals surface area contributed by atoms with Gasteiger partial charge < -0.3 is 5.32 Å². The van der Waals surface area contributed by atoms with Crippen molar-refractivity contribution >= 4 is 5.91 Å². The SMILES string of the molecule is CN(O)C(=O)c1n[nH]c2c1CNCC2. The predicted molar refractivity (Wildman–Crippen MR) is 47.9 cm³/mol. The summed E-state index contributed by atoms with van der Waals surface area (Å²) in [6, 6.07) is 0. The molecule has 1 amide bonds. The number of hydrogen-bond acceptors (Lipinski definition) is 4. The van der Waals surface area contributed by atoms with Crippen LogP contribution < -0.4 is 5.32 Å². The molecule has 0 bridgehead atoms. The van der Waals surface area contributed by atoms with Crippen molar-refractivity contribution < 1.29 is 10.0 Å². The molecule has 1 aliphatic heterocycles. The van der Waals surface area contributed by atoms with E-state index in [1.165, 1.54) is 7.05 Å². The van der Waals surface area contributed by atoms with Crippen LogP contribution in [0.15, 0.2) is 0 Å². The smallest absolute Gasteiger partial charge is 0.297 e. The lowest BCUT2D eigenvalue weighted by Gasteiger charge is -2.13. The van der Waals surface area contributed by atoms with E-state index in [1.807, 2.05) is 0 Å². The second-order valence-corrected chi connectivity index (χ2v) is 3.28. The lowest BCUT2D eigenvalue weighted by atomic mass is 10.1. The number of nitrogens with zero attached hydrogens (tertiary/aromatic N) is 2. The molecule has 0 saturated heterocycles. The van der Waals surface area contributed by atoms with E-state index in [9.17, 15) is 4.79 Å². The molecule has 0 aromatic carbocycles. The summed E-state index contributed by atoms with van der Waals surface area (Å²) < 4.78 is 0. The fourth-order valence-electron chi connectivity index (χ4n) is 1.56. The molecule has 1 aliphatic rings. The first-order valence-electron chi connectivity index (χ1n) is 4.44. The van der Waals surface area contributed by atoms with Gasteiger partial charge in [0, 0.05) is 37.8 Å². The minimum Gasteiger partial charge on any atom is -0.312 e. The zero-order chi connectivity index (χ0) is 10.1. The van der Waals surface area contributed by atoms with E-state index in [0.717, 1.165) is 24.2 Å². The van der Waals surface area contributed by atoms with Crippen LogP contribution in [0.25, 0.3) is 0 Å². The van der Waals surface area contributed by atoms with Crippen LogP contribution in [-0.4, -0.2) is 40.0 Å². The Morgan fingerprint density at radius 2 is 2.43 bits per heavy atom.